The van der Waals surface area contributed by atoms with Gasteiger partial charge in [0.15, 0.2) is 0 Å². The monoisotopic (exact) mass is 336 g/mol. The SMILES string of the molecule is Cc1cc(Br)ccc1NC(=O)[C@@H]1CC=CC[C@@H]1C(=O)[O-]. The molecule has 1 aromatic carbocycles. The number of anilines is 1. The number of aryl methyl sites for hydroxylation is 1. The summed E-state index contributed by atoms with van der Waals surface area (Å²) in [5.74, 6) is -2.76. The largest absolute Gasteiger partial charge is 0.550 e. The lowest BCUT2D eigenvalue weighted by Gasteiger charge is -2.28. The summed E-state index contributed by atoms with van der Waals surface area (Å²) < 4.78 is 0.932. The van der Waals surface area contributed by atoms with E-state index in [-0.39, 0.29) is 5.91 Å². The third kappa shape index (κ3) is 3.28. The second-order valence-corrected chi connectivity index (χ2v) is 5.84. The Bertz CT molecular complexity index is 568. The van der Waals surface area contributed by atoms with Gasteiger partial charge in [-0.2, -0.15) is 0 Å². The molecule has 1 aromatic rings. The van der Waals surface area contributed by atoms with E-state index in [0.717, 1.165) is 10.0 Å². The molecular formula is C15H15BrNO3-. The lowest BCUT2D eigenvalue weighted by molar-refractivity contribution is -0.313. The molecule has 1 amide bonds. The molecule has 106 valence electrons. The summed E-state index contributed by atoms with van der Waals surface area (Å²) in [6.07, 6.45) is 4.41. The summed E-state index contributed by atoms with van der Waals surface area (Å²) >= 11 is 3.36. The molecular weight excluding hydrogens is 322 g/mol. The number of hydrogen-bond acceptors (Lipinski definition) is 3. The van der Waals surface area contributed by atoms with E-state index in [1.165, 1.54) is 0 Å². The number of benzene rings is 1. The molecule has 1 aliphatic carbocycles. The Morgan fingerprint density at radius 3 is 2.50 bits per heavy atom. The number of hydrogen-bond donors (Lipinski definition) is 1. The molecule has 1 aliphatic rings. The molecule has 0 unspecified atom stereocenters. The number of aliphatic carboxylic acids is 1. The van der Waals surface area contributed by atoms with Gasteiger partial charge in [-0.3, -0.25) is 4.79 Å². The van der Waals surface area contributed by atoms with Crippen LogP contribution in [0.4, 0.5) is 5.69 Å². The number of carbonyl (C=O) groups excluding carboxylic acids is 2. The smallest absolute Gasteiger partial charge is 0.228 e. The van der Waals surface area contributed by atoms with Crippen LogP contribution < -0.4 is 10.4 Å². The number of rotatable bonds is 3. The van der Waals surface area contributed by atoms with Crippen molar-refractivity contribution in [2.45, 2.75) is 19.8 Å². The van der Waals surface area contributed by atoms with Crippen LogP contribution in [-0.2, 0) is 9.59 Å². The van der Waals surface area contributed by atoms with Crippen molar-refractivity contribution in [2.24, 2.45) is 11.8 Å². The zero-order valence-electron chi connectivity index (χ0n) is 11.1. The van der Waals surface area contributed by atoms with E-state index in [4.69, 9.17) is 0 Å². The second kappa shape index (κ2) is 6.22. The molecule has 2 rings (SSSR count). The van der Waals surface area contributed by atoms with E-state index < -0.39 is 17.8 Å². The highest BCUT2D eigenvalue weighted by atomic mass is 79.9. The van der Waals surface area contributed by atoms with E-state index in [9.17, 15) is 14.7 Å². The van der Waals surface area contributed by atoms with Crippen molar-refractivity contribution in [1.29, 1.82) is 0 Å². The van der Waals surface area contributed by atoms with Crippen LogP contribution in [0.15, 0.2) is 34.8 Å². The first-order valence-electron chi connectivity index (χ1n) is 6.42. The normalized spacial score (nSPS) is 21.5. The number of amides is 1. The lowest BCUT2D eigenvalue weighted by Crippen LogP contribution is -2.41. The molecule has 0 aliphatic heterocycles. The molecule has 0 radical (unpaired) electrons. The molecule has 0 saturated carbocycles. The van der Waals surface area contributed by atoms with Gasteiger partial charge in [-0.25, -0.2) is 0 Å². The molecule has 0 aromatic heterocycles. The topological polar surface area (TPSA) is 69.2 Å². The van der Waals surface area contributed by atoms with Gasteiger partial charge >= 0.3 is 0 Å². The lowest BCUT2D eigenvalue weighted by atomic mass is 9.82. The van der Waals surface area contributed by atoms with Gasteiger partial charge < -0.3 is 15.2 Å². The van der Waals surface area contributed by atoms with Crippen LogP contribution >= 0.6 is 15.9 Å². The maximum Gasteiger partial charge on any atom is 0.228 e. The Morgan fingerprint density at radius 2 is 1.90 bits per heavy atom. The fourth-order valence-corrected chi connectivity index (χ4v) is 2.83. The Morgan fingerprint density at radius 1 is 1.25 bits per heavy atom. The first-order valence-corrected chi connectivity index (χ1v) is 7.21. The second-order valence-electron chi connectivity index (χ2n) is 4.92. The molecule has 4 nitrogen and oxygen atoms in total. The first kappa shape index (κ1) is 14.8. The third-order valence-electron chi connectivity index (χ3n) is 3.52. The molecule has 2 atom stereocenters. The highest BCUT2D eigenvalue weighted by Gasteiger charge is 2.29. The molecule has 5 heteroatoms. The average molecular weight is 337 g/mol. The highest BCUT2D eigenvalue weighted by molar-refractivity contribution is 9.10. The van der Waals surface area contributed by atoms with Crippen LogP contribution in [0.25, 0.3) is 0 Å². The van der Waals surface area contributed by atoms with Crippen LogP contribution in [0.1, 0.15) is 18.4 Å². The average Bonchev–Trinajstić information content (AvgIpc) is 2.41. The van der Waals surface area contributed by atoms with Gasteiger partial charge in [0.2, 0.25) is 5.91 Å². The molecule has 1 N–H and O–H groups in total. The van der Waals surface area contributed by atoms with Crippen LogP contribution in [0.3, 0.4) is 0 Å². The molecule has 0 bridgehead atoms. The Hall–Kier alpha value is -1.62. The van der Waals surface area contributed by atoms with E-state index in [0.29, 0.717) is 18.5 Å². The third-order valence-corrected chi connectivity index (χ3v) is 4.01. The van der Waals surface area contributed by atoms with Crippen molar-refractivity contribution < 1.29 is 14.7 Å². The van der Waals surface area contributed by atoms with Crippen molar-refractivity contribution >= 4 is 33.5 Å². The Labute approximate surface area is 126 Å². The fourth-order valence-electron chi connectivity index (χ4n) is 2.36. The predicted octanol–water partition coefficient (Wildman–Crippen LogP) is 2.03. The fraction of sp³-hybridized carbons (Fsp3) is 0.333. The summed E-state index contributed by atoms with van der Waals surface area (Å²) in [6, 6.07) is 5.52. The van der Waals surface area contributed by atoms with Crippen molar-refractivity contribution in [2.75, 3.05) is 5.32 Å². The maximum absolute atomic E-state index is 12.3. The maximum atomic E-state index is 12.3. The zero-order chi connectivity index (χ0) is 14.7. The Kier molecular flexibility index (Phi) is 4.60. The summed E-state index contributed by atoms with van der Waals surface area (Å²) in [5, 5.41) is 13.9. The van der Waals surface area contributed by atoms with Gasteiger partial charge in [0.25, 0.3) is 0 Å². The summed E-state index contributed by atoms with van der Waals surface area (Å²) in [6.45, 7) is 1.89. The van der Waals surface area contributed by atoms with E-state index >= 15 is 0 Å². The minimum Gasteiger partial charge on any atom is -0.550 e. The highest BCUT2D eigenvalue weighted by Crippen LogP contribution is 2.27. The van der Waals surface area contributed by atoms with Gasteiger partial charge in [-0.15, -0.1) is 0 Å². The molecule has 20 heavy (non-hydrogen) atoms. The number of carbonyl (C=O) groups is 2. The summed E-state index contributed by atoms with van der Waals surface area (Å²) in [4.78, 5) is 23.4. The number of carboxylic acids is 1. The quantitative estimate of drug-likeness (QED) is 0.858. The van der Waals surface area contributed by atoms with Crippen molar-refractivity contribution in [3.63, 3.8) is 0 Å². The van der Waals surface area contributed by atoms with Crippen molar-refractivity contribution in [3.8, 4) is 0 Å². The van der Waals surface area contributed by atoms with Gasteiger partial charge in [-0.05, 0) is 43.5 Å². The Balaban J connectivity index is 2.14. The van der Waals surface area contributed by atoms with Crippen LogP contribution in [0, 0.1) is 18.8 Å². The van der Waals surface area contributed by atoms with Crippen molar-refractivity contribution in [3.05, 3.63) is 40.4 Å². The summed E-state index contributed by atoms with van der Waals surface area (Å²) in [5.41, 5.74) is 1.62. The molecule has 0 spiro atoms. The molecule has 0 saturated heterocycles. The van der Waals surface area contributed by atoms with Crippen LogP contribution in [0.2, 0.25) is 0 Å². The van der Waals surface area contributed by atoms with Gasteiger partial charge in [-0.1, -0.05) is 28.1 Å². The van der Waals surface area contributed by atoms with E-state index in [1.807, 2.05) is 25.1 Å². The van der Waals surface area contributed by atoms with Gasteiger partial charge in [0.05, 0.1) is 5.92 Å². The number of nitrogens with one attached hydrogen (secondary N) is 1. The predicted molar refractivity (Wildman–Crippen MR) is 77.9 cm³/mol. The van der Waals surface area contributed by atoms with E-state index in [2.05, 4.69) is 21.2 Å². The number of allylic oxidation sites excluding steroid dienone is 2. The standard InChI is InChI=1S/C15H16BrNO3/c1-9-8-10(16)6-7-13(9)17-14(18)11-4-2-3-5-12(11)15(19)20/h2-3,6-8,11-12H,4-5H2,1H3,(H,17,18)(H,19,20)/p-1/t11-,12+/m1/s1. The minimum atomic E-state index is -1.16. The van der Waals surface area contributed by atoms with E-state index in [1.54, 1.807) is 12.1 Å². The van der Waals surface area contributed by atoms with Gasteiger partial charge in [0.1, 0.15) is 0 Å². The number of halogens is 1. The first-order chi connectivity index (χ1) is 9.49. The number of carboxylic acid groups (broad SMARTS) is 1. The zero-order valence-corrected chi connectivity index (χ0v) is 12.6. The molecule has 0 fully saturated rings. The van der Waals surface area contributed by atoms with Crippen molar-refractivity contribution in [1.82, 2.24) is 0 Å². The summed E-state index contributed by atoms with van der Waals surface area (Å²) in [7, 11) is 0. The van der Waals surface area contributed by atoms with Crippen LogP contribution in [-0.4, -0.2) is 11.9 Å². The van der Waals surface area contributed by atoms with Gasteiger partial charge in [0, 0.05) is 22.0 Å². The molecule has 0 heterocycles. The minimum absolute atomic E-state index is 0.269. The van der Waals surface area contributed by atoms with Crippen LogP contribution in [0.5, 0.6) is 0 Å².